The molecule has 0 radical (unpaired) electrons. The van der Waals surface area contributed by atoms with Gasteiger partial charge in [-0.1, -0.05) is 11.6 Å². The molecular weight excluding hydrogens is 414 g/mol. The first kappa shape index (κ1) is 25.8. The summed E-state index contributed by atoms with van der Waals surface area (Å²) in [5.74, 6) is 0.00883. The zero-order valence-electron chi connectivity index (χ0n) is 19.6. The lowest BCUT2D eigenvalue weighted by molar-refractivity contribution is -0.107. The van der Waals surface area contributed by atoms with Crippen LogP contribution < -0.4 is 4.74 Å². The Labute approximate surface area is 190 Å². The van der Waals surface area contributed by atoms with Gasteiger partial charge in [0.25, 0.3) is 0 Å². The van der Waals surface area contributed by atoms with Crippen molar-refractivity contribution in [2.45, 2.75) is 39.7 Å². The Morgan fingerprint density at radius 2 is 1.97 bits per heavy atom. The van der Waals surface area contributed by atoms with Crippen LogP contribution in [0.15, 0.2) is 11.6 Å². The molecule has 0 spiro atoms. The lowest BCUT2D eigenvalue weighted by atomic mass is 9.94. The molecule has 32 heavy (non-hydrogen) atoms. The van der Waals surface area contributed by atoms with Crippen molar-refractivity contribution in [3.05, 3.63) is 33.9 Å². The summed E-state index contributed by atoms with van der Waals surface area (Å²) in [7, 11) is 3.28. The van der Waals surface area contributed by atoms with Gasteiger partial charge in [-0.05, 0) is 32.3 Å². The summed E-state index contributed by atoms with van der Waals surface area (Å²) in [5.41, 5.74) is 3.37. The molecule has 1 saturated heterocycles. The van der Waals surface area contributed by atoms with E-state index in [2.05, 4.69) is 4.90 Å². The standard InChI is InChI=1S/C17H20O5.C7H15NO2/c1-10(5-4-8-18)6-7-12-15(19)14-13(9-22-17(14)20)11(2)16(12)21-3;1-9-5-2-8-3-6-10-7-4-8/h6,8,19H,4-5,7,9H2,1-3H3;2-7H2,1H3/b10-6+;. The molecule has 3 rings (SSSR count). The van der Waals surface area contributed by atoms with Gasteiger partial charge in [0.1, 0.15) is 30.0 Å². The highest BCUT2D eigenvalue weighted by Crippen LogP contribution is 2.42. The normalized spacial score (nSPS) is 16.1. The predicted molar refractivity (Wildman–Crippen MR) is 120 cm³/mol. The number of nitrogens with zero attached hydrogens (tertiary/aromatic N) is 1. The molecular formula is C24H35NO7. The first-order valence-electron chi connectivity index (χ1n) is 10.9. The molecule has 0 bridgehead atoms. The van der Waals surface area contributed by atoms with Crippen molar-refractivity contribution in [2.75, 3.05) is 53.7 Å². The lowest BCUT2D eigenvalue weighted by Gasteiger charge is -2.25. The Morgan fingerprint density at radius 1 is 1.25 bits per heavy atom. The molecule has 8 heteroatoms. The number of esters is 1. The Balaban J connectivity index is 0.000000303. The number of hydrogen-bond acceptors (Lipinski definition) is 8. The van der Waals surface area contributed by atoms with Gasteiger partial charge in [0.15, 0.2) is 0 Å². The third kappa shape index (κ3) is 6.79. The van der Waals surface area contributed by atoms with Crippen LogP contribution in [-0.2, 0) is 32.0 Å². The number of aldehydes is 1. The molecule has 0 aliphatic carbocycles. The average molecular weight is 450 g/mol. The number of benzene rings is 1. The molecule has 0 unspecified atom stereocenters. The van der Waals surface area contributed by atoms with Gasteiger partial charge in [-0.15, -0.1) is 0 Å². The molecule has 0 saturated carbocycles. The van der Waals surface area contributed by atoms with Gasteiger partial charge in [-0.25, -0.2) is 4.79 Å². The SMILES string of the molecule is COCCN1CCOCC1.COc1c(C)c2c(c(O)c1C/C=C(\C)CCC=O)C(=O)OC2. The van der Waals surface area contributed by atoms with Gasteiger partial charge < -0.3 is 28.8 Å². The number of carbonyl (C=O) groups is 2. The molecule has 2 aliphatic heterocycles. The van der Waals surface area contributed by atoms with Crippen molar-refractivity contribution in [1.29, 1.82) is 0 Å². The van der Waals surface area contributed by atoms with Crippen LogP contribution in [0.3, 0.4) is 0 Å². The molecule has 0 amide bonds. The second kappa shape index (κ2) is 13.2. The lowest BCUT2D eigenvalue weighted by Crippen LogP contribution is -2.38. The second-order valence-electron chi connectivity index (χ2n) is 7.82. The fraction of sp³-hybridized carbons (Fsp3) is 0.583. The number of phenols is 1. The zero-order valence-corrected chi connectivity index (χ0v) is 19.6. The van der Waals surface area contributed by atoms with Crippen molar-refractivity contribution >= 4 is 12.3 Å². The summed E-state index contributed by atoms with van der Waals surface area (Å²) in [4.78, 5) is 24.6. The summed E-state index contributed by atoms with van der Waals surface area (Å²) < 4.78 is 20.6. The van der Waals surface area contributed by atoms with E-state index in [1.807, 2.05) is 19.9 Å². The fourth-order valence-electron chi connectivity index (χ4n) is 3.74. The van der Waals surface area contributed by atoms with Crippen LogP contribution in [0.4, 0.5) is 0 Å². The van der Waals surface area contributed by atoms with Crippen LogP contribution in [0.5, 0.6) is 11.5 Å². The molecule has 0 atom stereocenters. The van der Waals surface area contributed by atoms with Gasteiger partial charge in [-0.2, -0.15) is 0 Å². The maximum Gasteiger partial charge on any atom is 0.342 e. The number of methoxy groups -OCH3 is 2. The van der Waals surface area contributed by atoms with Crippen LogP contribution in [0.2, 0.25) is 0 Å². The van der Waals surface area contributed by atoms with Crippen LogP contribution in [-0.4, -0.2) is 75.9 Å². The van der Waals surface area contributed by atoms with Crippen LogP contribution in [0.1, 0.15) is 46.8 Å². The monoisotopic (exact) mass is 449 g/mol. The highest BCUT2D eigenvalue weighted by atomic mass is 16.5. The van der Waals surface area contributed by atoms with E-state index in [1.54, 1.807) is 7.11 Å². The van der Waals surface area contributed by atoms with Gasteiger partial charge in [-0.3, -0.25) is 4.90 Å². The number of hydrogen-bond donors (Lipinski definition) is 1. The number of phenolic OH excluding ortho intramolecular Hbond substituents is 1. The summed E-state index contributed by atoms with van der Waals surface area (Å²) >= 11 is 0. The number of ether oxygens (including phenoxy) is 4. The maximum absolute atomic E-state index is 11.8. The van der Waals surface area contributed by atoms with Gasteiger partial charge in [0.05, 0.1) is 26.9 Å². The smallest absolute Gasteiger partial charge is 0.342 e. The van der Waals surface area contributed by atoms with Gasteiger partial charge in [0, 0.05) is 44.3 Å². The average Bonchev–Trinajstić information content (AvgIpc) is 3.20. The second-order valence-corrected chi connectivity index (χ2v) is 7.82. The van der Waals surface area contributed by atoms with E-state index in [4.69, 9.17) is 18.9 Å². The quantitative estimate of drug-likeness (QED) is 0.349. The van der Waals surface area contributed by atoms with Crippen molar-refractivity contribution in [3.63, 3.8) is 0 Å². The van der Waals surface area contributed by atoms with E-state index in [1.165, 1.54) is 7.11 Å². The zero-order chi connectivity index (χ0) is 23.5. The Morgan fingerprint density at radius 3 is 2.59 bits per heavy atom. The number of carbonyl (C=O) groups excluding carboxylic acids is 2. The first-order chi connectivity index (χ1) is 15.4. The Kier molecular flexibility index (Phi) is 10.7. The minimum atomic E-state index is -0.499. The predicted octanol–water partition coefficient (Wildman–Crippen LogP) is 2.81. The van der Waals surface area contributed by atoms with E-state index in [-0.39, 0.29) is 17.9 Å². The largest absolute Gasteiger partial charge is 0.507 e. The summed E-state index contributed by atoms with van der Waals surface area (Å²) in [6, 6.07) is 0. The van der Waals surface area contributed by atoms with Gasteiger partial charge >= 0.3 is 5.97 Å². The highest BCUT2D eigenvalue weighted by molar-refractivity contribution is 5.98. The molecule has 2 heterocycles. The molecule has 1 aromatic carbocycles. The van der Waals surface area contributed by atoms with Crippen molar-refractivity contribution in [2.24, 2.45) is 0 Å². The van der Waals surface area contributed by atoms with Gasteiger partial charge in [0.2, 0.25) is 0 Å². The minimum absolute atomic E-state index is 0.0700. The molecule has 0 aromatic heterocycles. The van der Waals surface area contributed by atoms with E-state index >= 15 is 0 Å². The number of morpholine rings is 1. The molecule has 2 aliphatic rings. The number of allylic oxidation sites excluding steroid dienone is 2. The first-order valence-corrected chi connectivity index (χ1v) is 10.9. The van der Waals surface area contributed by atoms with E-state index in [9.17, 15) is 14.7 Å². The number of cyclic esters (lactones) is 1. The van der Waals surface area contributed by atoms with Crippen LogP contribution in [0.25, 0.3) is 0 Å². The fourth-order valence-corrected chi connectivity index (χ4v) is 3.74. The third-order valence-corrected chi connectivity index (χ3v) is 5.67. The Hall–Kier alpha value is -2.42. The van der Waals surface area contributed by atoms with E-state index in [0.29, 0.717) is 36.1 Å². The van der Waals surface area contributed by atoms with Crippen molar-refractivity contribution in [1.82, 2.24) is 4.90 Å². The molecule has 1 fully saturated rings. The highest BCUT2D eigenvalue weighted by Gasteiger charge is 2.31. The summed E-state index contributed by atoms with van der Waals surface area (Å²) in [5, 5.41) is 10.4. The molecule has 1 aromatic rings. The number of rotatable bonds is 9. The molecule has 1 N–H and O–H groups in total. The number of fused-ring (bicyclic) bond motifs is 1. The molecule has 8 nitrogen and oxygen atoms in total. The van der Waals surface area contributed by atoms with Crippen LogP contribution >= 0.6 is 0 Å². The summed E-state index contributed by atoms with van der Waals surface area (Å²) in [6.07, 6.45) is 4.40. The van der Waals surface area contributed by atoms with Crippen molar-refractivity contribution in [3.8, 4) is 11.5 Å². The van der Waals surface area contributed by atoms with E-state index in [0.717, 1.165) is 56.9 Å². The topological polar surface area (TPSA) is 94.5 Å². The summed E-state index contributed by atoms with van der Waals surface area (Å²) in [6.45, 7) is 9.70. The molecule has 178 valence electrons. The van der Waals surface area contributed by atoms with Crippen molar-refractivity contribution < 1.29 is 33.6 Å². The minimum Gasteiger partial charge on any atom is -0.507 e. The van der Waals surface area contributed by atoms with E-state index < -0.39 is 5.97 Å². The third-order valence-electron chi connectivity index (χ3n) is 5.67. The maximum atomic E-state index is 11.8. The number of aromatic hydroxyl groups is 1. The Bertz CT molecular complexity index is 813. The van der Waals surface area contributed by atoms with Crippen LogP contribution in [0, 0.1) is 6.92 Å².